The normalized spacial score (nSPS) is 12.2. The van der Waals surface area contributed by atoms with Gasteiger partial charge in [-0.05, 0) is 25.0 Å². The van der Waals surface area contributed by atoms with Crippen LogP contribution in [-0.4, -0.2) is 47.0 Å². The number of hydrogen-bond donors (Lipinski definition) is 2. The van der Waals surface area contributed by atoms with E-state index in [4.69, 9.17) is 14.8 Å². The van der Waals surface area contributed by atoms with E-state index in [0.717, 1.165) is 5.69 Å². The minimum absolute atomic E-state index is 0.0588. The molecular weight excluding hydrogens is 370 g/mol. The average molecular weight is 397 g/mol. The van der Waals surface area contributed by atoms with Gasteiger partial charge in [0.2, 0.25) is 0 Å². The Morgan fingerprint density at radius 2 is 2.14 bits per heavy atom. The second-order valence-corrected chi connectivity index (χ2v) is 7.28. The molecule has 0 amide bonds. The summed E-state index contributed by atoms with van der Waals surface area (Å²) in [7, 11) is 3.47. The molecule has 0 aliphatic rings. The molecule has 29 heavy (non-hydrogen) atoms. The molecule has 2 aromatic heterocycles. The van der Waals surface area contributed by atoms with E-state index in [-0.39, 0.29) is 18.1 Å². The molecule has 0 radical (unpaired) electrons. The first-order chi connectivity index (χ1) is 13.8. The predicted octanol–water partition coefficient (Wildman–Crippen LogP) is 1.25. The zero-order valence-electron chi connectivity index (χ0n) is 17.5. The van der Waals surface area contributed by atoms with Crippen LogP contribution in [0.4, 0.5) is 11.4 Å². The summed E-state index contributed by atoms with van der Waals surface area (Å²) < 4.78 is 6.91. The summed E-state index contributed by atoms with van der Waals surface area (Å²) in [4.78, 5) is 24.1. The smallest absolute Gasteiger partial charge is 0.276 e. The molecule has 0 fully saturated rings. The SMILES string of the molecule is C=c1[nH]n2c(=O)c(C(C)C)c(C)nc2c1=Nc1ccc(N(C)CCO)cc1OC. The lowest BCUT2D eigenvalue weighted by atomic mass is 10.0. The lowest BCUT2D eigenvalue weighted by Gasteiger charge is -2.19. The highest BCUT2D eigenvalue weighted by Crippen LogP contribution is 2.31. The average Bonchev–Trinajstić information content (AvgIpc) is 2.98. The minimum Gasteiger partial charge on any atom is -0.494 e. The molecule has 0 saturated heterocycles. The summed E-state index contributed by atoms with van der Waals surface area (Å²) in [6.07, 6.45) is 0. The van der Waals surface area contributed by atoms with Crippen LogP contribution in [0.3, 0.4) is 0 Å². The Balaban J connectivity index is 2.22. The number of fused-ring (bicyclic) bond motifs is 1. The van der Waals surface area contributed by atoms with Gasteiger partial charge >= 0.3 is 0 Å². The number of aromatic amines is 1. The van der Waals surface area contributed by atoms with Crippen LogP contribution >= 0.6 is 0 Å². The molecule has 8 nitrogen and oxygen atoms in total. The molecule has 0 bridgehead atoms. The van der Waals surface area contributed by atoms with Crippen LogP contribution in [0.1, 0.15) is 31.0 Å². The van der Waals surface area contributed by atoms with Gasteiger partial charge < -0.3 is 14.7 Å². The van der Waals surface area contributed by atoms with Crippen molar-refractivity contribution in [1.82, 2.24) is 14.6 Å². The minimum atomic E-state index is -0.137. The van der Waals surface area contributed by atoms with Crippen molar-refractivity contribution in [3.63, 3.8) is 0 Å². The molecule has 0 atom stereocenters. The van der Waals surface area contributed by atoms with Crippen molar-refractivity contribution < 1.29 is 9.84 Å². The number of benzene rings is 1. The van der Waals surface area contributed by atoms with Crippen LogP contribution in [0, 0.1) is 6.92 Å². The molecule has 3 rings (SSSR count). The van der Waals surface area contributed by atoms with E-state index >= 15 is 0 Å². The Bertz CT molecular complexity index is 1210. The Hall–Kier alpha value is -3.13. The van der Waals surface area contributed by atoms with Gasteiger partial charge in [-0.1, -0.05) is 20.4 Å². The van der Waals surface area contributed by atoms with Gasteiger partial charge in [0.1, 0.15) is 16.8 Å². The Kier molecular flexibility index (Phi) is 5.74. The molecule has 1 aromatic carbocycles. The third kappa shape index (κ3) is 3.75. The number of H-pyrrole nitrogens is 1. The maximum absolute atomic E-state index is 12.9. The van der Waals surface area contributed by atoms with E-state index < -0.39 is 0 Å². The number of likely N-dealkylation sites (N-methyl/N-ethyl adjacent to an activating group) is 1. The second kappa shape index (κ2) is 8.08. The number of aliphatic hydroxyl groups is 1. The molecule has 0 aliphatic carbocycles. The van der Waals surface area contributed by atoms with Crippen LogP contribution in [-0.2, 0) is 0 Å². The fourth-order valence-electron chi connectivity index (χ4n) is 3.40. The van der Waals surface area contributed by atoms with E-state index in [1.165, 1.54) is 4.52 Å². The summed E-state index contributed by atoms with van der Waals surface area (Å²) in [5.74, 6) is 0.635. The van der Waals surface area contributed by atoms with Gasteiger partial charge in [0.15, 0.2) is 5.65 Å². The first-order valence-corrected chi connectivity index (χ1v) is 9.47. The highest BCUT2D eigenvalue weighted by atomic mass is 16.5. The maximum Gasteiger partial charge on any atom is 0.276 e. The number of aliphatic hydroxyl groups excluding tert-OH is 1. The number of methoxy groups -OCH3 is 1. The van der Waals surface area contributed by atoms with Gasteiger partial charge in [-0.2, -0.15) is 4.52 Å². The van der Waals surface area contributed by atoms with Crippen molar-refractivity contribution in [2.45, 2.75) is 26.7 Å². The lowest BCUT2D eigenvalue weighted by Crippen LogP contribution is -2.24. The molecule has 2 N–H and O–H groups in total. The first-order valence-electron chi connectivity index (χ1n) is 9.47. The van der Waals surface area contributed by atoms with Crippen molar-refractivity contribution in [3.05, 3.63) is 50.5 Å². The topological polar surface area (TPSA) is 95.2 Å². The van der Waals surface area contributed by atoms with Crippen LogP contribution in [0.5, 0.6) is 5.75 Å². The van der Waals surface area contributed by atoms with E-state index in [0.29, 0.717) is 45.6 Å². The van der Waals surface area contributed by atoms with Gasteiger partial charge in [-0.3, -0.25) is 9.89 Å². The zero-order chi connectivity index (χ0) is 21.3. The fourth-order valence-corrected chi connectivity index (χ4v) is 3.40. The molecule has 8 heteroatoms. The monoisotopic (exact) mass is 397 g/mol. The summed E-state index contributed by atoms with van der Waals surface area (Å²) in [6.45, 7) is 10.3. The quantitative estimate of drug-likeness (QED) is 0.653. The number of anilines is 1. The van der Waals surface area contributed by atoms with Gasteiger partial charge in [0, 0.05) is 36.6 Å². The zero-order valence-corrected chi connectivity index (χ0v) is 17.5. The highest BCUT2D eigenvalue weighted by Gasteiger charge is 2.16. The van der Waals surface area contributed by atoms with Crippen molar-refractivity contribution in [1.29, 1.82) is 0 Å². The van der Waals surface area contributed by atoms with Crippen molar-refractivity contribution in [3.8, 4) is 5.75 Å². The van der Waals surface area contributed by atoms with Crippen molar-refractivity contribution in [2.24, 2.45) is 4.99 Å². The third-order valence-electron chi connectivity index (χ3n) is 4.90. The van der Waals surface area contributed by atoms with E-state index in [1.807, 2.05) is 50.9 Å². The lowest BCUT2D eigenvalue weighted by molar-refractivity contribution is 0.304. The van der Waals surface area contributed by atoms with E-state index in [1.54, 1.807) is 7.11 Å². The molecule has 2 heterocycles. The summed E-state index contributed by atoms with van der Waals surface area (Å²) in [5, 5.41) is 13.1. The van der Waals surface area contributed by atoms with E-state index in [2.05, 4.69) is 16.7 Å². The van der Waals surface area contributed by atoms with Crippen molar-refractivity contribution >= 4 is 23.6 Å². The van der Waals surface area contributed by atoms with Gasteiger partial charge in [-0.15, -0.1) is 0 Å². The summed E-state index contributed by atoms with van der Waals surface area (Å²) in [5.41, 5.74) is 3.15. The number of rotatable bonds is 6. The number of nitrogens with zero attached hydrogens (tertiary/aromatic N) is 4. The summed E-state index contributed by atoms with van der Waals surface area (Å²) >= 11 is 0. The molecule has 0 aliphatic heterocycles. The molecule has 0 unspecified atom stereocenters. The summed E-state index contributed by atoms with van der Waals surface area (Å²) in [6, 6.07) is 5.59. The Morgan fingerprint density at radius 3 is 2.76 bits per heavy atom. The Morgan fingerprint density at radius 1 is 1.41 bits per heavy atom. The third-order valence-corrected chi connectivity index (χ3v) is 4.90. The first kappa shape index (κ1) is 20.6. The number of aryl methyl sites for hydroxylation is 1. The van der Waals surface area contributed by atoms with Crippen LogP contribution in [0.15, 0.2) is 28.0 Å². The molecule has 0 spiro atoms. The number of hydrogen-bond acceptors (Lipinski definition) is 6. The van der Waals surface area contributed by atoms with E-state index in [9.17, 15) is 4.79 Å². The largest absolute Gasteiger partial charge is 0.494 e. The molecule has 3 aromatic rings. The molecule has 154 valence electrons. The molecular formula is C21H27N5O3. The van der Waals surface area contributed by atoms with Gasteiger partial charge in [0.25, 0.3) is 5.56 Å². The number of aromatic nitrogens is 3. The van der Waals surface area contributed by atoms with Gasteiger partial charge in [-0.25, -0.2) is 9.98 Å². The number of ether oxygens (including phenoxy) is 1. The maximum atomic E-state index is 12.9. The predicted molar refractivity (Wildman–Crippen MR) is 114 cm³/mol. The van der Waals surface area contributed by atoms with Gasteiger partial charge in [0.05, 0.1) is 19.1 Å². The van der Waals surface area contributed by atoms with Crippen LogP contribution in [0.2, 0.25) is 0 Å². The Labute approximate surface area is 168 Å². The second-order valence-electron chi connectivity index (χ2n) is 7.28. The molecule has 0 saturated carbocycles. The highest BCUT2D eigenvalue weighted by molar-refractivity contribution is 5.62. The standard InChI is InChI=1S/C21H27N5O3/c1-12(2)18-13(3)22-20-19(14(4)24-26(20)21(18)28)23-16-8-7-15(11-17(16)29-6)25(5)9-10-27/h7-8,11-12,24,27H,4,9-10H2,1-3,5-6H3. The van der Waals surface area contributed by atoms with Crippen LogP contribution in [0.25, 0.3) is 12.2 Å². The fraction of sp³-hybridized carbons (Fsp3) is 0.381. The number of nitrogens with one attached hydrogen (secondary N) is 1. The van der Waals surface area contributed by atoms with Crippen LogP contribution < -0.4 is 25.9 Å². The van der Waals surface area contributed by atoms with Crippen molar-refractivity contribution in [2.75, 3.05) is 32.2 Å².